The van der Waals surface area contributed by atoms with E-state index < -0.39 is 21.2 Å². The molecule has 0 bridgehead atoms. The van der Waals surface area contributed by atoms with Crippen LogP contribution in [0, 0.1) is 6.92 Å². The van der Waals surface area contributed by atoms with Gasteiger partial charge < -0.3 is 4.74 Å². The lowest BCUT2D eigenvalue weighted by molar-refractivity contribution is -0.139. The SMILES string of the molecule is COC(=O)C(C)S(=O)(=O)Nc1ccc(Br)c(C)n1. The molecule has 1 aromatic rings. The number of esters is 1. The summed E-state index contributed by atoms with van der Waals surface area (Å²) >= 11 is 3.26. The number of anilines is 1. The molecule has 1 heterocycles. The summed E-state index contributed by atoms with van der Waals surface area (Å²) in [6, 6.07) is 3.17. The molecule has 0 fully saturated rings. The normalized spacial score (nSPS) is 12.9. The minimum absolute atomic E-state index is 0.159. The fraction of sp³-hybridized carbons (Fsp3) is 0.400. The first-order valence-corrected chi connectivity index (χ1v) is 7.34. The predicted octanol–water partition coefficient (Wildman–Crippen LogP) is 1.46. The predicted molar refractivity (Wildman–Crippen MR) is 70.7 cm³/mol. The summed E-state index contributed by atoms with van der Waals surface area (Å²) in [6.07, 6.45) is 0. The molecular formula is C10H13BrN2O4S. The van der Waals surface area contributed by atoms with Gasteiger partial charge in [-0.05, 0) is 41.9 Å². The highest BCUT2D eigenvalue weighted by molar-refractivity contribution is 9.10. The molecule has 0 saturated carbocycles. The summed E-state index contributed by atoms with van der Waals surface area (Å²) < 4.78 is 31.1. The van der Waals surface area contributed by atoms with E-state index in [0.29, 0.717) is 5.69 Å². The second-order valence-electron chi connectivity index (χ2n) is 3.58. The topological polar surface area (TPSA) is 85.4 Å². The Labute approximate surface area is 114 Å². The van der Waals surface area contributed by atoms with Crippen molar-refractivity contribution in [2.45, 2.75) is 19.1 Å². The summed E-state index contributed by atoms with van der Waals surface area (Å²) in [5, 5.41) is -1.30. The molecule has 6 nitrogen and oxygen atoms in total. The molecule has 1 rings (SSSR count). The number of nitrogens with one attached hydrogen (secondary N) is 1. The molecule has 0 aliphatic rings. The number of carbonyl (C=O) groups is 1. The van der Waals surface area contributed by atoms with Crippen LogP contribution in [-0.4, -0.2) is 31.7 Å². The Morgan fingerprint density at radius 3 is 2.61 bits per heavy atom. The Morgan fingerprint density at radius 1 is 1.50 bits per heavy atom. The first-order valence-electron chi connectivity index (χ1n) is 5.00. The average Bonchev–Trinajstić information content (AvgIpc) is 2.31. The van der Waals surface area contributed by atoms with Crippen molar-refractivity contribution in [1.82, 2.24) is 4.98 Å². The molecular weight excluding hydrogens is 324 g/mol. The molecule has 1 atom stereocenters. The van der Waals surface area contributed by atoms with E-state index in [-0.39, 0.29) is 5.82 Å². The molecule has 1 N–H and O–H groups in total. The van der Waals surface area contributed by atoms with Crippen LogP contribution in [0.4, 0.5) is 5.82 Å². The fourth-order valence-electron chi connectivity index (χ4n) is 1.13. The van der Waals surface area contributed by atoms with Crippen LogP contribution >= 0.6 is 15.9 Å². The summed E-state index contributed by atoms with van der Waals surface area (Å²) in [4.78, 5) is 15.2. The van der Waals surface area contributed by atoms with E-state index >= 15 is 0 Å². The van der Waals surface area contributed by atoms with Gasteiger partial charge >= 0.3 is 5.97 Å². The first-order chi connectivity index (χ1) is 8.27. The number of aromatic nitrogens is 1. The second kappa shape index (κ2) is 5.66. The summed E-state index contributed by atoms with van der Waals surface area (Å²) in [6.45, 7) is 2.98. The molecule has 0 saturated heterocycles. The number of ether oxygens (including phenoxy) is 1. The van der Waals surface area contributed by atoms with E-state index in [1.54, 1.807) is 13.0 Å². The first kappa shape index (κ1) is 14.9. The molecule has 1 aromatic heterocycles. The molecule has 100 valence electrons. The Hall–Kier alpha value is -1.15. The molecule has 0 radical (unpaired) electrons. The van der Waals surface area contributed by atoms with Crippen LogP contribution in [0.3, 0.4) is 0 Å². The van der Waals surface area contributed by atoms with Gasteiger partial charge in [0.05, 0.1) is 12.8 Å². The van der Waals surface area contributed by atoms with Crippen molar-refractivity contribution in [3.63, 3.8) is 0 Å². The Morgan fingerprint density at radius 2 is 2.11 bits per heavy atom. The zero-order valence-electron chi connectivity index (χ0n) is 10.1. The number of pyridine rings is 1. The Kier molecular flexibility index (Phi) is 4.69. The highest BCUT2D eigenvalue weighted by Gasteiger charge is 2.29. The van der Waals surface area contributed by atoms with Crippen LogP contribution in [0.1, 0.15) is 12.6 Å². The maximum Gasteiger partial charge on any atom is 0.325 e. The zero-order valence-corrected chi connectivity index (χ0v) is 12.5. The Bertz CT molecular complexity index is 559. The van der Waals surface area contributed by atoms with Crippen LogP contribution < -0.4 is 4.72 Å². The highest BCUT2D eigenvalue weighted by atomic mass is 79.9. The number of aryl methyl sites for hydroxylation is 1. The third-order valence-electron chi connectivity index (χ3n) is 2.27. The zero-order chi connectivity index (χ0) is 13.9. The van der Waals surface area contributed by atoms with Gasteiger partial charge in [0.25, 0.3) is 0 Å². The lowest BCUT2D eigenvalue weighted by Crippen LogP contribution is -2.33. The van der Waals surface area contributed by atoms with E-state index in [1.165, 1.54) is 13.0 Å². The third-order valence-corrected chi connectivity index (χ3v) is 4.72. The molecule has 0 aliphatic carbocycles. The molecule has 8 heteroatoms. The monoisotopic (exact) mass is 336 g/mol. The van der Waals surface area contributed by atoms with Crippen molar-refractivity contribution in [3.8, 4) is 0 Å². The lowest BCUT2D eigenvalue weighted by atomic mass is 10.4. The van der Waals surface area contributed by atoms with Gasteiger partial charge in [0, 0.05) is 4.47 Å². The minimum atomic E-state index is -3.86. The molecule has 0 amide bonds. The van der Waals surface area contributed by atoms with Crippen LogP contribution in [0.15, 0.2) is 16.6 Å². The molecule has 1 unspecified atom stereocenters. The number of sulfonamides is 1. The van der Waals surface area contributed by atoms with Crippen molar-refractivity contribution >= 4 is 37.7 Å². The van der Waals surface area contributed by atoms with Crippen molar-refractivity contribution in [2.24, 2.45) is 0 Å². The van der Waals surface area contributed by atoms with Gasteiger partial charge in [-0.2, -0.15) is 0 Å². The van der Waals surface area contributed by atoms with Gasteiger partial charge in [0.2, 0.25) is 10.0 Å². The van der Waals surface area contributed by atoms with E-state index in [4.69, 9.17) is 0 Å². The van der Waals surface area contributed by atoms with Crippen molar-refractivity contribution < 1.29 is 17.9 Å². The van der Waals surface area contributed by atoms with Gasteiger partial charge in [-0.3, -0.25) is 9.52 Å². The molecule has 0 aliphatic heterocycles. The van der Waals surface area contributed by atoms with Crippen molar-refractivity contribution in [1.29, 1.82) is 0 Å². The lowest BCUT2D eigenvalue weighted by Gasteiger charge is -2.12. The van der Waals surface area contributed by atoms with E-state index in [2.05, 4.69) is 30.4 Å². The number of rotatable bonds is 4. The van der Waals surface area contributed by atoms with Gasteiger partial charge in [0.15, 0.2) is 5.25 Å². The van der Waals surface area contributed by atoms with Crippen molar-refractivity contribution in [3.05, 3.63) is 22.3 Å². The number of hydrogen-bond donors (Lipinski definition) is 1. The van der Waals surface area contributed by atoms with Crippen molar-refractivity contribution in [2.75, 3.05) is 11.8 Å². The smallest absolute Gasteiger partial charge is 0.325 e. The van der Waals surface area contributed by atoms with Crippen LogP contribution in [0.2, 0.25) is 0 Å². The van der Waals surface area contributed by atoms with Gasteiger partial charge in [-0.25, -0.2) is 13.4 Å². The maximum absolute atomic E-state index is 11.8. The van der Waals surface area contributed by atoms with Gasteiger partial charge in [-0.1, -0.05) is 0 Å². The fourth-order valence-corrected chi connectivity index (χ4v) is 2.28. The van der Waals surface area contributed by atoms with E-state index in [1.807, 2.05) is 0 Å². The average molecular weight is 337 g/mol. The second-order valence-corrected chi connectivity index (χ2v) is 6.43. The Balaban J connectivity index is 2.95. The van der Waals surface area contributed by atoms with Crippen LogP contribution in [0.5, 0.6) is 0 Å². The van der Waals surface area contributed by atoms with E-state index in [9.17, 15) is 13.2 Å². The van der Waals surface area contributed by atoms with Gasteiger partial charge in [0.1, 0.15) is 5.82 Å². The quantitative estimate of drug-likeness (QED) is 0.841. The number of halogens is 1. The van der Waals surface area contributed by atoms with Crippen LogP contribution in [0.25, 0.3) is 0 Å². The minimum Gasteiger partial charge on any atom is -0.468 e. The maximum atomic E-state index is 11.8. The highest BCUT2D eigenvalue weighted by Crippen LogP contribution is 2.17. The van der Waals surface area contributed by atoms with E-state index in [0.717, 1.165) is 11.6 Å². The number of carbonyl (C=O) groups excluding carboxylic acids is 1. The summed E-state index contributed by atoms with van der Waals surface area (Å²) in [7, 11) is -2.72. The molecule has 0 aromatic carbocycles. The third kappa shape index (κ3) is 3.42. The number of nitrogens with zero attached hydrogens (tertiary/aromatic N) is 1. The largest absolute Gasteiger partial charge is 0.468 e. The number of hydrogen-bond acceptors (Lipinski definition) is 5. The number of methoxy groups -OCH3 is 1. The molecule has 18 heavy (non-hydrogen) atoms. The summed E-state index contributed by atoms with van der Waals surface area (Å²) in [5.74, 6) is -0.664. The van der Waals surface area contributed by atoms with Crippen LogP contribution in [-0.2, 0) is 19.6 Å². The standard InChI is InChI=1S/C10H13BrN2O4S/c1-6-8(11)4-5-9(12-6)13-18(15,16)7(2)10(14)17-3/h4-5,7H,1-3H3,(H,12,13). The summed E-state index contributed by atoms with van der Waals surface area (Å²) in [5.41, 5.74) is 0.640. The molecule has 0 spiro atoms. The van der Waals surface area contributed by atoms with Gasteiger partial charge in [-0.15, -0.1) is 0 Å².